The molecule has 2 aliphatic rings. The first-order valence-corrected chi connectivity index (χ1v) is 8.02. The number of hydrogen-bond acceptors (Lipinski definition) is 11. The van der Waals surface area contributed by atoms with Crippen LogP contribution in [0.1, 0.15) is 0 Å². The van der Waals surface area contributed by atoms with Crippen LogP contribution in [0.15, 0.2) is 0 Å². The molecule has 8 N–H and O–H groups in total. The monoisotopic (exact) mass is 358 g/mol. The Bertz CT molecular complexity index is 349. The Kier molecular flexibility index (Phi) is 6.61. The summed E-state index contributed by atoms with van der Waals surface area (Å²) in [5.41, 5.74) is -1.17. The van der Waals surface area contributed by atoms with E-state index in [1.807, 2.05) is 0 Å². The Morgan fingerprint density at radius 3 is 1.91 bits per heavy atom. The molecular weight excluding hydrogens is 336 g/mol. The van der Waals surface area contributed by atoms with Crippen molar-refractivity contribution in [2.24, 2.45) is 0 Å². The molecule has 2 fully saturated rings. The lowest BCUT2D eigenvalue weighted by atomic mass is 9.99. The van der Waals surface area contributed by atoms with Crippen LogP contribution in [0.3, 0.4) is 0 Å². The van der Waals surface area contributed by atoms with E-state index in [4.69, 9.17) is 14.6 Å². The number of aliphatic hydroxyl groups is 8. The van der Waals surface area contributed by atoms with Gasteiger partial charge in [0.15, 0.2) is 6.29 Å². The number of ether oxygens (including phenoxy) is 2. The van der Waals surface area contributed by atoms with Crippen molar-refractivity contribution < 1.29 is 50.3 Å². The molecule has 23 heavy (non-hydrogen) atoms. The highest BCUT2D eigenvalue weighted by Gasteiger charge is 2.49. The van der Waals surface area contributed by atoms with E-state index in [9.17, 15) is 35.7 Å². The zero-order chi connectivity index (χ0) is 17.3. The lowest BCUT2D eigenvalue weighted by Crippen LogP contribution is -2.61. The average Bonchev–Trinajstić information content (AvgIpc) is 2.55. The van der Waals surface area contributed by atoms with Gasteiger partial charge in [-0.25, -0.2) is 0 Å². The number of hydrogen-bond donors (Lipinski definition) is 8. The molecule has 0 amide bonds. The summed E-state index contributed by atoms with van der Waals surface area (Å²) in [6, 6.07) is 0. The quantitative estimate of drug-likeness (QED) is 0.242. The Hall–Kier alpha value is -0.0500. The first-order valence-electron chi connectivity index (χ1n) is 7.08. The first kappa shape index (κ1) is 19.3. The second-order valence-electron chi connectivity index (χ2n) is 5.53. The zero-order valence-electron chi connectivity index (χ0n) is 12.0. The van der Waals surface area contributed by atoms with Crippen LogP contribution in [0.2, 0.25) is 0 Å². The Morgan fingerprint density at radius 1 is 0.739 bits per heavy atom. The maximum absolute atomic E-state index is 9.94. The van der Waals surface area contributed by atoms with Gasteiger partial charge in [-0.3, -0.25) is 0 Å². The van der Waals surface area contributed by atoms with E-state index >= 15 is 0 Å². The molecule has 10 atom stereocenters. The fourth-order valence-corrected chi connectivity index (χ4v) is 3.74. The van der Waals surface area contributed by atoms with Crippen LogP contribution in [-0.4, -0.2) is 114 Å². The van der Waals surface area contributed by atoms with Gasteiger partial charge in [-0.1, -0.05) is 0 Å². The summed E-state index contributed by atoms with van der Waals surface area (Å²) in [6.45, 7) is -1.12. The third-order valence-electron chi connectivity index (χ3n) is 3.97. The SMILES string of the molecule is OC[C@H]1OC(O[C@@H]2S[C@H](CO)[C@@H](O)[C@H](O)[C@H]2O)[C@H](O)[C@@H](O)[C@@H]1O. The smallest absolute Gasteiger partial charge is 0.188 e. The van der Waals surface area contributed by atoms with Gasteiger partial charge in [-0.2, -0.15) is 0 Å². The van der Waals surface area contributed by atoms with Gasteiger partial charge < -0.3 is 50.3 Å². The topological polar surface area (TPSA) is 180 Å². The molecule has 1 unspecified atom stereocenters. The van der Waals surface area contributed by atoms with E-state index in [0.29, 0.717) is 0 Å². The second-order valence-corrected chi connectivity index (χ2v) is 6.87. The number of thioether (sulfide) groups is 1. The molecule has 0 aromatic carbocycles. The maximum atomic E-state index is 9.94. The van der Waals surface area contributed by atoms with Gasteiger partial charge in [0.05, 0.1) is 24.6 Å². The molecule has 10 nitrogen and oxygen atoms in total. The summed E-state index contributed by atoms with van der Waals surface area (Å²) in [7, 11) is 0. The third-order valence-corrected chi connectivity index (χ3v) is 5.40. The fraction of sp³-hybridized carbons (Fsp3) is 1.00. The number of aliphatic hydroxyl groups excluding tert-OH is 8. The predicted octanol–water partition coefficient (Wildman–Crippen LogP) is -4.68. The summed E-state index contributed by atoms with van der Waals surface area (Å²) >= 11 is 0.828. The summed E-state index contributed by atoms with van der Waals surface area (Å²) in [4.78, 5) is 0. The van der Waals surface area contributed by atoms with Gasteiger partial charge >= 0.3 is 0 Å². The Morgan fingerprint density at radius 2 is 1.35 bits per heavy atom. The molecular formula is C12H22O10S. The van der Waals surface area contributed by atoms with Crippen LogP contribution in [-0.2, 0) is 9.47 Å². The molecule has 0 aliphatic carbocycles. The summed E-state index contributed by atoms with van der Waals surface area (Å²) in [6.07, 6.45) is -12.0. The highest BCUT2D eigenvalue weighted by atomic mass is 32.2. The molecule has 2 heterocycles. The standard InChI is InChI=1S/C12H22O10S/c13-1-3-5(15)7(17)9(19)11(21-3)22-12-10(20)8(18)6(16)4(2-14)23-12/h3-20H,1-2H2/t3-,4-,5-,6-,7+,8+,9-,10-,11?,12-/m1/s1. The fourth-order valence-electron chi connectivity index (χ4n) is 2.49. The average molecular weight is 358 g/mol. The lowest BCUT2D eigenvalue weighted by Gasteiger charge is -2.44. The van der Waals surface area contributed by atoms with Crippen molar-refractivity contribution >= 4 is 11.8 Å². The van der Waals surface area contributed by atoms with E-state index in [1.165, 1.54) is 0 Å². The van der Waals surface area contributed by atoms with Gasteiger partial charge in [0.2, 0.25) is 0 Å². The van der Waals surface area contributed by atoms with E-state index < -0.39 is 72.9 Å². The largest absolute Gasteiger partial charge is 0.395 e. The molecule has 2 saturated heterocycles. The molecule has 11 heteroatoms. The van der Waals surface area contributed by atoms with Crippen molar-refractivity contribution in [1.29, 1.82) is 0 Å². The molecule has 0 saturated carbocycles. The van der Waals surface area contributed by atoms with Crippen molar-refractivity contribution in [2.75, 3.05) is 13.2 Å². The number of rotatable bonds is 4. The molecule has 0 spiro atoms. The maximum Gasteiger partial charge on any atom is 0.188 e. The Balaban J connectivity index is 2.07. The van der Waals surface area contributed by atoms with Crippen molar-refractivity contribution in [3.05, 3.63) is 0 Å². The van der Waals surface area contributed by atoms with E-state index in [1.54, 1.807) is 0 Å². The molecule has 0 aromatic heterocycles. The normalized spacial score (nSPS) is 51.7. The summed E-state index contributed by atoms with van der Waals surface area (Å²) in [5.74, 6) is 0. The summed E-state index contributed by atoms with van der Waals surface area (Å²) < 4.78 is 10.5. The van der Waals surface area contributed by atoms with Gasteiger partial charge in [0.25, 0.3) is 0 Å². The zero-order valence-corrected chi connectivity index (χ0v) is 12.8. The van der Waals surface area contributed by atoms with Gasteiger partial charge in [-0.05, 0) is 0 Å². The van der Waals surface area contributed by atoms with Crippen LogP contribution in [0.5, 0.6) is 0 Å². The van der Waals surface area contributed by atoms with Crippen molar-refractivity contribution in [3.8, 4) is 0 Å². The van der Waals surface area contributed by atoms with Crippen LogP contribution in [0.4, 0.5) is 0 Å². The second kappa shape index (κ2) is 7.89. The van der Waals surface area contributed by atoms with Crippen LogP contribution < -0.4 is 0 Å². The highest BCUT2D eigenvalue weighted by Crippen LogP contribution is 2.35. The highest BCUT2D eigenvalue weighted by molar-refractivity contribution is 8.00. The van der Waals surface area contributed by atoms with E-state index in [2.05, 4.69) is 0 Å². The van der Waals surface area contributed by atoms with E-state index in [-0.39, 0.29) is 0 Å². The van der Waals surface area contributed by atoms with Crippen LogP contribution in [0.25, 0.3) is 0 Å². The predicted molar refractivity (Wildman–Crippen MR) is 75.1 cm³/mol. The van der Waals surface area contributed by atoms with Crippen molar-refractivity contribution in [3.63, 3.8) is 0 Å². The van der Waals surface area contributed by atoms with Crippen LogP contribution >= 0.6 is 11.8 Å². The minimum Gasteiger partial charge on any atom is -0.395 e. The van der Waals surface area contributed by atoms with Crippen molar-refractivity contribution in [1.82, 2.24) is 0 Å². The minimum atomic E-state index is -1.66. The van der Waals surface area contributed by atoms with Gasteiger partial charge in [0.1, 0.15) is 42.1 Å². The van der Waals surface area contributed by atoms with Gasteiger partial charge in [0, 0.05) is 0 Å². The summed E-state index contributed by atoms with van der Waals surface area (Å²) in [5, 5.41) is 76.1. The third kappa shape index (κ3) is 3.80. The van der Waals surface area contributed by atoms with E-state index in [0.717, 1.165) is 11.8 Å². The van der Waals surface area contributed by atoms with Crippen LogP contribution in [0, 0.1) is 0 Å². The molecule has 2 aliphatic heterocycles. The molecule has 0 radical (unpaired) electrons. The molecule has 136 valence electrons. The molecule has 0 bridgehead atoms. The van der Waals surface area contributed by atoms with Crippen molar-refractivity contribution in [2.45, 2.75) is 59.7 Å². The lowest BCUT2D eigenvalue weighted by molar-refractivity contribution is -0.311. The first-order chi connectivity index (χ1) is 10.8. The minimum absolute atomic E-state index is 0.482. The molecule has 0 aromatic rings. The Labute approximate surface area is 135 Å². The van der Waals surface area contributed by atoms with Gasteiger partial charge in [-0.15, -0.1) is 11.8 Å². The molecule has 2 rings (SSSR count).